The summed E-state index contributed by atoms with van der Waals surface area (Å²) in [5, 5.41) is 0. The summed E-state index contributed by atoms with van der Waals surface area (Å²) in [5.41, 5.74) is 19.7. The van der Waals surface area contributed by atoms with Crippen molar-refractivity contribution < 1.29 is 0 Å². The number of rotatable bonds is 2. The van der Waals surface area contributed by atoms with Gasteiger partial charge in [0.25, 0.3) is 0 Å². The molecule has 0 fully saturated rings. The van der Waals surface area contributed by atoms with Crippen molar-refractivity contribution in [2.45, 2.75) is 0 Å². The van der Waals surface area contributed by atoms with Crippen molar-refractivity contribution in [3.8, 4) is 0 Å². The Morgan fingerprint density at radius 1 is 0.417 bits per heavy atom. The summed E-state index contributed by atoms with van der Waals surface area (Å²) in [4.78, 5) is 0. The highest BCUT2D eigenvalue weighted by Gasteiger charge is 1.49. The summed E-state index contributed by atoms with van der Waals surface area (Å²) in [6, 6.07) is 0. The maximum Gasteiger partial charge on any atom is -0.00618 e. The highest BCUT2D eigenvalue weighted by molar-refractivity contribution is 4.98. The zero-order valence-electron chi connectivity index (χ0n) is 6.93. The van der Waals surface area contributed by atoms with E-state index in [1.54, 1.807) is 24.3 Å². The third kappa shape index (κ3) is 24.2. The fourth-order valence-corrected chi connectivity index (χ4v) is 0.257. The molecule has 0 bridgehead atoms. The fourth-order valence-electron chi connectivity index (χ4n) is 0.257. The van der Waals surface area contributed by atoms with Crippen LogP contribution in [0.2, 0.25) is 0 Å². The summed E-state index contributed by atoms with van der Waals surface area (Å²) in [5.74, 6) is 0. The van der Waals surface area contributed by atoms with Gasteiger partial charge in [-0.1, -0.05) is 0 Å². The fraction of sp³-hybridized carbons (Fsp3) is 0. The van der Waals surface area contributed by atoms with Crippen molar-refractivity contribution in [2.75, 3.05) is 0 Å². The third-order valence-corrected chi connectivity index (χ3v) is 0.667. The maximum absolute atomic E-state index is 4.93. The number of hydrogen-bond acceptors (Lipinski definition) is 4. The van der Waals surface area contributed by atoms with Crippen LogP contribution in [0.1, 0.15) is 0 Å². The summed E-state index contributed by atoms with van der Waals surface area (Å²) in [6.07, 6.45) is 12.3. The van der Waals surface area contributed by atoms with Gasteiger partial charge in [-0.05, 0) is 49.1 Å². The third-order valence-electron chi connectivity index (χ3n) is 0.667. The first kappa shape index (κ1) is 12.8. The average Bonchev–Trinajstić information content (AvgIpc) is 2.12. The Morgan fingerprint density at radius 2 is 0.583 bits per heavy atom. The van der Waals surface area contributed by atoms with Gasteiger partial charge in [-0.15, -0.1) is 0 Å². The summed E-state index contributed by atoms with van der Waals surface area (Å²) < 4.78 is 0. The van der Waals surface area contributed by atoms with Gasteiger partial charge < -0.3 is 22.9 Å². The van der Waals surface area contributed by atoms with Crippen LogP contribution in [0.3, 0.4) is 0 Å². The Balaban J connectivity index is 0. The topological polar surface area (TPSA) is 104 Å². The van der Waals surface area contributed by atoms with Gasteiger partial charge in [0.05, 0.1) is 0 Å². The van der Waals surface area contributed by atoms with E-state index in [0.717, 1.165) is 0 Å². The molecule has 0 spiro atoms. The van der Waals surface area contributed by atoms with Crippen LogP contribution in [0, 0.1) is 0 Å². The minimum absolute atomic E-state index is 1.42. The minimum Gasteiger partial charge on any atom is -0.405 e. The van der Waals surface area contributed by atoms with E-state index in [1.807, 2.05) is 0 Å². The Morgan fingerprint density at radius 3 is 0.667 bits per heavy atom. The number of hydrogen-bond donors (Lipinski definition) is 4. The first-order valence-electron chi connectivity index (χ1n) is 3.33. The molecule has 0 aromatic carbocycles. The van der Waals surface area contributed by atoms with Gasteiger partial charge in [-0.25, -0.2) is 0 Å². The zero-order valence-corrected chi connectivity index (χ0v) is 6.93. The van der Waals surface area contributed by atoms with Crippen molar-refractivity contribution in [1.82, 2.24) is 0 Å². The average molecular weight is 168 g/mol. The molecule has 0 aliphatic heterocycles. The number of allylic oxidation sites excluding steroid dienone is 4. The molecular weight excluding hydrogens is 152 g/mol. The van der Waals surface area contributed by atoms with E-state index in [9.17, 15) is 0 Å². The molecule has 68 valence electrons. The predicted octanol–water partition coefficient (Wildman–Crippen LogP) is -0.138. The molecule has 0 saturated heterocycles. The molecule has 0 amide bonds. The van der Waals surface area contributed by atoms with Crippen molar-refractivity contribution in [3.63, 3.8) is 0 Å². The van der Waals surface area contributed by atoms with Crippen LogP contribution in [0.15, 0.2) is 49.1 Å². The lowest BCUT2D eigenvalue weighted by Crippen LogP contribution is -1.75. The van der Waals surface area contributed by atoms with Crippen LogP contribution in [0.25, 0.3) is 0 Å². The molecule has 4 nitrogen and oxygen atoms in total. The normalized spacial score (nSPS) is 11.3. The van der Waals surface area contributed by atoms with Gasteiger partial charge in [0.2, 0.25) is 0 Å². The van der Waals surface area contributed by atoms with E-state index in [2.05, 4.69) is 0 Å². The van der Waals surface area contributed by atoms with Crippen LogP contribution in [-0.4, -0.2) is 0 Å². The van der Waals surface area contributed by atoms with E-state index in [1.165, 1.54) is 24.8 Å². The molecule has 0 aromatic rings. The molecule has 0 aliphatic rings. The largest absolute Gasteiger partial charge is 0.405 e. The van der Waals surface area contributed by atoms with Gasteiger partial charge in [0.15, 0.2) is 0 Å². The SMILES string of the molecule is NC=CC=CN.NC=CC=CN. The second kappa shape index (κ2) is 16.1. The first-order chi connectivity index (χ1) is 5.83. The molecule has 0 aromatic heterocycles. The van der Waals surface area contributed by atoms with Crippen LogP contribution < -0.4 is 22.9 Å². The summed E-state index contributed by atoms with van der Waals surface area (Å²) >= 11 is 0. The highest BCUT2D eigenvalue weighted by atomic mass is 14.5. The molecule has 8 N–H and O–H groups in total. The Labute approximate surface area is 72.9 Å². The van der Waals surface area contributed by atoms with E-state index in [4.69, 9.17) is 22.9 Å². The zero-order chi connectivity index (χ0) is 9.66. The predicted molar refractivity (Wildman–Crippen MR) is 53.3 cm³/mol. The van der Waals surface area contributed by atoms with Gasteiger partial charge in [0, 0.05) is 0 Å². The standard InChI is InChI=1S/2C4H8N2/c2*5-3-1-2-4-6/h2*1-4H,5-6H2. The van der Waals surface area contributed by atoms with Crippen molar-refractivity contribution in [3.05, 3.63) is 49.1 Å². The van der Waals surface area contributed by atoms with Crippen molar-refractivity contribution in [2.24, 2.45) is 22.9 Å². The molecule has 0 heterocycles. The molecule has 0 atom stereocenters. The lowest BCUT2D eigenvalue weighted by atomic mass is 10.6. The Kier molecular flexibility index (Phi) is 17.1. The molecule has 0 radical (unpaired) electrons. The molecule has 0 unspecified atom stereocenters. The summed E-state index contributed by atoms with van der Waals surface area (Å²) in [6.45, 7) is 0. The van der Waals surface area contributed by atoms with Crippen LogP contribution >= 0.6 is 0 Å². The van der Waals surface area contributed by atoms with E-state index in [-0.39, 0.29) is 0 Å². The molecule has 4 heteroatoms. The Bertz CT molecular complexity index is 128. The lowest BCUT2D eigenvalue weighted by Gasteiger charge is -1.64. The van der Waals surface area contributed by atoms with Gasteiger partial charge in [0.1, 0.15) is 0 Å². The van der Waals surface area contributed by atoms with E-state index < -0.39 is 0 Å². The summed E-state index contributed by atoms with van der Waals surface area (Å²) in [7, 11) is 0. The van der Waals surface area contributed by atoms with Crippen LogP contribution in [0.5, 0.6) is 0 Å². The van der Waals surface area contributed by atoms with Crippen molar-refractivity contribution >= 4 is 0 Å². The van der Waals surface area contributed by atoms with Gasteiger partial charge in [-0.3, -0.25) is 0 Å². The second-order valence-corrected chi connectivity index (χ2v) is 1.54. The van der Waals surface area contributed by atoms with E-state index >= 15 is 0 Å². The lowest BCUT2D eigenvalue weighted by molar-refractivity contribution is 1.56. The maximum atomic E-state index is 4.93. The van der Waals surface area contributed by atoms with Crippen LogP contribution in [-0.2, 0) is 0 Å². The highest BCUT2D eigenvalue weighted by Crippen LogP contribution is 1.62. The minimum atomic E-state index is 1.42. The molecular formula is C8H16N4. The molecule has 12 heavy (non-hydrogen) atoms. The monoisotopic (exact) mass is 168 g/mol. The Hall–Kier alpha value is -1.84. The first-order valence-corrected chi connectivity index (χ1v) is 3.33. The quantitative estimate of drug-likeness (QED) is 0.431. The van der Waals surface area contributed by atoms with Crippen molar-refractivity contribution in [1.29, 1.82) is 0 Å². The molecule has 0 rings (SSSR count). The molecule has 0 aliphatic carbocycles. The van der Waals surface area contributed by atoms with Gasteiger partial charge >= 0.3 is 0 Å². The molecule has 0 saturated carbocycles. The second-order valence-electron chi connectivity index (χ2n) is 1.54. The van der Waals surface area contributed by atoms with Gasteiger partial charge in [-0.2, -0.15) is 0 Å². The number of nitrogens with two attached hydrogens (primary N) is 4. The van der Waals surface area contributed by atoms with E-state index in [0.29, 0.717) is 0 Å². The van der Waals surface area contributed by atoms with Crippen LogP contribution in [0.4, 0.5) is 0 Å². The smallest absolute Gasteiger partial charge is 0.00618 e.